The molecular formula is C36H41N3O6. The number of nitro benzene ring substituents is 1. The number of hydrogen-bond donors (Lipinski definition) is 0. The van der Waals surface area contributed by atoms with Crippen LogP contribution in [0.5, 0.6) is 0 Å². The van der Waals surface area contributed by atoms with Crippen LogP contribution in [0.25, 0.3) is 0 Å². The highest BCUT2D eigenvalue weighted by molar-refractivity contribution is 6.07. The van der Waals surface area contributed by atoms with E-state index in [1.165, 1.54) is 30.4 Å². The molecule has 0 bridgehead atoms. The third-order valence-corrected chi connectivity index (χ3v) is 8.56. The summed E-state index contributed by atoms with van der Waals surface area (Å²) < 4.78 is 10.8. The summed E-state index contributed by atoms with van der Waals surface area (Å²) in [6.07, 6.45) is 1.53. The fourth-order valence-corrected chi connectivity index (χ4v) is 6.06. The van der Waals surface area contributed by atoms with Crippen LogP contribution in [0, 0.1) is 16.0 Å². The molecule has 4 rings (SSSR count). The van der Waals surface area contributed by atoms with Crippen molar-refractivity contribution in [1.29, 1.82) is 0 Å². The normalized spacial score (nSPS) is 17.2. The van der Waals surface area contributed by atoms with E-state index in [0.717, 1.165) is 6.42 Å². The van der Waals surface area contributed by atoms with Gasteiger partial charge in [-0.1, -0.05) is 72.8 Å². The lowest BCUT2D eigenvalue weighted by molar-refractivity contribution is -0.384. The molecule has 0 spiro atoms. The number of carbonyl (C=O) groups excluding carboxylic acids is 2. The first-order chi connectivity index (χ1) is 21.6. The Bertz CT molecular complexity index is 1510. The Morgan fingerprint density at radius 1 is 0.978 bits per heavy atom. The summed E-state index contributed by atoms with van der Waals surface area (Å²) >= 11 is 0. The number of non-ortho nitro benzene ring substituents is 1. The molecule has 1 aliphatic rings. The Balaban J connectivity index is 1.43. The Hall–Kier alpha value is -4.63. The Labute approximate surface area is 264 Å². The van der Waals surface area contributed by atoms with Crippen molar-refractivity contribution in [2.45, 2.75) is 51.5 Å². The number of benzene rings is 3. The number of methoxy groups -OCH3 is 1. The van der Waals surface area contributed by atoms with Gasteiger partial charge in [-0.2, -0.15) is 0 Å². The summed E-state index contributed by atoms with van der Waals surface area (Å²) in [6.45, 7) is 6.45. The Kier molecular flexibility index (Phi) is 11.4. The van der Waals surface area contributed by atoms with Gasteiger partial charge in [-0.05, 0) is 57.4 Å². The number of nitrogens with zero attached hydrogens (tertiary/aromatic N) is 3. The largest absolute Gasteiger partial charge is 0.468 e. The van der Waals surface area contributed by atoms with Crippen molar-refractivity contribution in [3.63, 3.8) is 0 Å². The highest BCUT2D eigenvalue weighted by Crippen LogP contribution is 2.41. The second-order valence-corrected chi connectivity index (χ2v) is 11.5. The second-order valence-electron chi connectivity index (χ2n) is 11.5. The van der Waals surface area contributed by atoms with Crippen molar-refractivity contribution in [2.24, 2.45) is 10.9 Å². The second kappa shape index (κ2) is 15.4. The first-order valence-electron chi connectivity index (χ1n) is 15.2. The van der Waals surface area contributed by atoms with Gasteiger partial charge in [0.1, 0.15) is 5.92 Å². The van der Waals surface area contributed by atoms with Gasteiger partial charge in [-0.3, -0.25) is 19.9 Å². The summed E-state index contributed by atoms with van der Waals surface area (Å²) in [7, 11) is 3.34. The van der Waals surface area contributed by atoms with Crippen LogP contribution in [-0.4, -0.2) is 60.8 Å². The zero-order valence-corrected chi connectivity index (χ0v) is 26.5. The third-order valence-electron chi connectivity index (χ3n) is 8.56. The maximum absolute atomic E-state index is 13.6. The molecule has 0 radical (unpaired) electrons. The predicted octanol–water partition coefficient (Wildman–Crippen LogP) is 6.69. The molecule has 1 heterocycles. The molecule has 9 heteroatoms. The Morgan fingerprint density at radius 2 is 1.60 bits per heavy atom. The number of carbonyl (C=O) groups is 2. The number of rotatable bonds is 13. The molecule has 0 amide bonds. The zero-order valence-electron chi connectivity index (χ0n) is 26.5. The molecule has 236 valence electrons. The standard InChI is InChI=1S/C36H41N3O6/c1-24(22-31(27-14-8-6-9-15-27)28-16-10-7-11-17-28)38(4)20-13-21-45-36(41)33-26(3)37-25(2)32(35(40)44-5)34(33)29-18-12-19-30(23-29)39(42)43/h6-12,14-19,23-24,31-32,34H,13,20-22H2,1-5H3. The highest BCUT2D eigenvalue weighted by atomic mass is 16.6. The molecule has 0 fully saturated rings. The van der Waals surface area contributed by atoms with Crippen molar-refractivity contribution >= 4 is 23.3 Å². The van der Waals surface area contributed by atoms with Gasteiger partial charge < -0.3 is 14.4 Å². The summed E-state index contributed by atoms with van der Waals surface area (Å²) in [5.41, 5.74) is 3.93. The number of ether oxygens (including phenoxy) is 2. The van der Waals surface area contributed by atoms with Gasteiger partial charge in [0.05, 0.1) is 24.2 Å². The van der Waals surface area contributed by atoms with Crippen LogP contribution in [0.2, 0.25) is 0 Å². The number of esters is 2. The molecule has 3 atom stereocenters. The lowest BCUT2D eigenvalue weighted by atomic mass is 9.75. The van der Waals surface area contributed by atoms with Crippen LogP contribution in [0.3, 0.4) is 0 Å². The van der Waals surface area contributed by atoms with Gasteiger partial charge in [-0.25, -0.2) is 4.79 Å². The number of aliphatic imine (C=N–C) groups is 1. The van der Waals surface area contributed by atoms with Gasteiger partial charge in [0.2, 0.25) is 0 Å². The molecule has 0 N–H and O–H groups in total. The maximum Gasteiger partial charge on any atom is 0.336 e. The molecule has 0 aliphatic carbocycles. The SMILES string of the molecule is COC(=O)C1C(C)=NC(C)=C(C(=O)OCCCN(C)C(C)CC(c2ccccc2)c2ccccc2)C1c1cccc([N+](=O)[O-])c1. The Morgan fingerprint density at radius 3 is 2.18 bits per heavy atom. The molecule has 9 nitrogen and oxygen atoms in total. The monoisotopic (exact) mass is 611 g/mol. The van der Waals surface area contributed by atoms with Crippen molar-refractivity contribution in [2.75, 3.05) is 27.3 Å². The third kappa shape index (κ3) is 8.10. The minimum atomic E-state index is -0.919. The summed E-state index contributed by atoms with van der Waals surface area (Å²) in [5.74, 6) is -2.68. The summed E-state index contributed by atoms with van der Waals surface area (Å²) in [5, 5.41) is 11.5. The topological polar surface area (TPSA) is 111 Å². The van der Waals surface area contributed by atoms with Gasteiger partial charge in [0, 0.05) is 48.0 Å². The van der Waals surface area contributed by atoms with E-state index in [2.05, 4.69) is 72.4 Å². The molecule has 0 aromatic heterocycles. The van der Waals surface area contributed by atoms with E-state index in [1.54, 1.807) is 26.0 Å². The van der Waals surface area contributed by atoms with Crippen LogP contribution >= 0.6 is 0 Å². The maximum atomic E-state index is 13.6. The van der Waals surface area contributed by atoms with Gasteiger partial charge in [-0.15, -0.1) is 0 Å². The first kappa shape index (κ1) is 33.3. The van der Waals surface area contributed by atoms with Crippen LogP contribution in [0.15, 0.2) is 101 Å². The molecule has 3 aromatic carbocycles. The molecule has 0 saturated heterocycles. The first-order valence-corrected chi connectivity index (χ1v) is 15.2. The van der Waals surface area contributed by atoms with Crippen molar-refractivity contribution in [3.05, 3.63) is 123 Å². The summed E-state index contributed by atoms with van der Waals surface area (Å²) in [6, 6.07) is 27.2. The molecule has 3 aromatic rings. The smallest absolute Gasteiger partial charge is 0.336 e. The average Bonchev–Trinajstić information content (AvgIpc) is 3.05. The number of allylic oxidation sites excluding steroid dienone is 1. The van der Waals surface area contributed by atoms with Crippen LogP contribution in [0.1, 0.15) is 62.1 Å². The van der Waals surface area contributed by atoms with Gasteiger partial charge in [0.15, 0.2) is 0 Å². The van der Waals surface area contributed by atoms with E-state index in [-0.39, 0.29) is 29.8 Å². The fraction of sp³-hybridized carbons (Fsp3) is 0.361. The molecule has 3 unspecified atom stereocenters. The van der Waals surface area contributed by atoms with Crippen LogP contribution in [-0.2, 0) is 19.1 Å². The van der Waals surface area contributed by atoms with Crippen molar-refractivity contribution in [1.82, 2.24) is 4.90 Å². The lowest BCUT2D eigenvalue weighted by Crippen LogP contribution is -2.36. The van der Waals surface area contributed by atoms with E-state index in [0.29, 0.717) is 29.9 Å². The predicted molar refractivity (Wildman–Crippen MR) is 174 cm³/mol. The molecule has 45 heavy (non-hydrogen) atoms. The van der Waals surface area contributed by atoms with Crippen LogP contribution in [0.4, 0.5) is 5.69 Å². The van der Waals surface area contributed by atoms with E-state index < -0.39 is 28.7 Å². The molecule has 1 aliphatic heterocycles. The average molecular weight is 612 g/mol. The zero-order chi connectivity index (χ0) is 32.5. The van der Waals surface area contributed by atoms with Crippen LogP contribution < -0.4 is 0 Å². The molecule has 0 saturated carbocycles. The molecular weight excluding hydrogens is 570 g/mol. The fourth-order valence-electron chi connectivity index (χ4n) is 6.06. The van der Waals surface area contributed by atoms with E-state index in [9.17, 15) is 19.7 Å². The van der Waals surface area contributed by atoms with Crippen molar-refractivity contribution < 1.29 is 24.0 Å². The highest BCUT2D eigenvalue weighted by Gasteiger charge is 2.42. The minimum absolute atomic E-state index is 0.138. The van der Waals surface area contributed by atoms with E-state index in [1.807, 2.05) is 12.1 Å². The van der Waals surface area contributed by atoms with Gasteiger partial charge >= 0.3 is 11.9 Å². The van der Waals surface area contributed by atoms with Gasteiger partial charge in [0.25, 0.3) is 5.69 Å². The summed E-state index contributed by atoms with van der Waals surface area (Å²) in [4.78, 5) is 44.2. The number of nitro groups is 1. The quantitative estimate of drug-likeness (QED) is 0.0916. The number of hydrogen-bond acceptors (Lipinski definition) is 8. The van der Waals surface area contributed by atoms with E-state index >= 15 is 0 Å². The lowest BCUT2D eigenvalue weighted by Gasteiger charge is -2.31. The van der Waals surface area contributed by atoms with Crippen molar-refractivity contribution in [3.8, 4) is 0 Å². The van der Waals surface area contributed by atoms with E-state index in [4.69, 9.17) is 9.47 Å². The minimum Gasteiger partial charge on any atom is -0.468 e.